The molecule has 3 heteroatoms. The second kappa shape index (κ2) is 4.69. The summed E-state index contributed by atoms with van der Waals surface area (Å²) in [5, 5.41) is 1.20. The normalized spacial score (nSPS) is 10.6. The van der Waals surface area contributed by atoms with Gasteiger partial charge in [0, 0.05) is 11.8 Å². The lowest BCUT2D eigenvalue weighted by molar-refractivity contribution is 0.355. The zero-order valence-corrected chi connectivity index (χ0v) is 10.9. The number of hydrogen-bond acceptors (Lipinski definition) is 2. The number of aromatic amines is 1. The van der Waals surface area contributed by atoms with Crippen LogP contribution < -0.4 is 9.47 Å². The van der Waals surface area contributed by atoms with Crippen molar-refractivity contribution >= 4 is 10.9 Å². The number of aromatic nitrogens is 1. The van der Waals surface area contributed by atoms with Gasteiger partial charge in [-0.3, -0.25) is 0 Å². The number of para-hydroxylation sites is 1. The Morgan fingerprint density at radius 2 is 1.74 bits per heavy atom. The van der Waals surface area contributed by atoms with Crippen LogP contribution in [0.4, 0.5) is 0 Å². The van der Waals surface area contributed by atoms with Crippen molar-refractivity contribution in [3.63, 3.8) is 0 Å². The Morgan fingerprint density at radius 1 is 0.895 bits per heavy atom. The first-order valence-corrected chi connectivity index (χ1v) is 6.12. The van der Waals surface area contributed by atoms with Crippen molar-refractivity contribution in [2.24, 2.45) is 0 Å². The van der Waals surface area contributed by atoms with E-state index in [9.17, 15) is 0 Å². The van der Waals surface area contributed by atoms with Gasteiger partial charge in [0.25, 0.3) is 0 Å². The van der Waals surface area contributed by atoms with Crippen LogP contribution in [0.3, 0.4) is 0 Å². The molecule has 19 heavy (non-hydrogen) atoms. The zero-order valence-electron chi connectivity index (χ0n) is 10.9. The van der Waals surface area contributed by atoms with Gasteiger partial charge in [0.1, 0.15) is 0 Å². The van der Waals surface area contributed by atoms with E-state index in [-0.39, 0.29) is 0 Å². The van der Waals surface area contributed by atoms with Gasteiger partial charge in [0.05, 0.1) is 19.7 Å². The summed E-state index contributed by atoms with van der Waals surface area (Å²) >= 11 is 0. The van der Waals surface area contributed by atoms with Crippen molar-refractivity contribution in [3.05, 3.63) is 48.7 Å². The molecular formula is C16H15NO2. The maximum atomic E-state index is 5.36. The molecule has 0 aliphatic heterocycles. The first-order chi connectivity index (χ1) is 9.33. The van der Waals surface area contributed by atoms with Crippen LogP contribution in [0.15, 0.2) is 48.7 Å². The molecule has 3 nitrogen and oxygen atoms in total. The Morgan fingerprint density at radius 3 is 2.53 bits per heavy atom. The topological polar surface area (TPSA) is 34.2 Å². The van der Waals surface area contributed by atoms with Gasteiger partial charge in [-0.05, 0) is 29.1 Å². The number of H-pyrrole nitrogens is 1. The van der Waals surface area contributed by atoms with Crippen molar-refractivity contribution in [1.82, 2.24) is 4.98 Å². The average molecular weight is 253 g/mol. The van der Waals surface area contributed by atoms with Gasteiger partial charge in [0.15, 0.2) is 11.5 Å². The summed E-state index contributed by atoms with van der Waals surface area (Å²) in [7, 11) is 3.29. The SMILES string of the molecule is COc1ccc(-c2cccc3cc[nH]c23)cc1OC. The van der Waals surface area contributed by atoms with Crippen LogP contribution in [0.2, 0.25) is 0 Å². The lowest BCUT2D eigenvalue weighted by atomic mass is 10.0. The van der Waals surface area contributed by atoms with Gasteiger partial charge >= 0.3 is 0 Å². The lowest BCUT2D eigenvalue weighted by Gasteiger charge is -2.10. The predicted octanol–water partition coefficient (Wildman–Crippen LogP) is 3.85. The predicted molar refractivity (Wildman–Crippen MR) is 76.8 cm³/mol. The number of benzene rings is 2. The van der Waals surface area contributed by atoms with Gasteiger partial charge in [-0.15, -0.1) is 0 Å². The highest BCUT2D eigenvalue weighted by atomic mass is 16.5. The second-order valence-electron chi connectivity index (χ2n) is 4.32. The highest BCUT2D eigenvalue weighted by Gasteiger charge is 2.09. The molecule has 0 fully saturated rings. The third-order valence-electron chi connectivity index (χ3n) is 3.28. The smallest absolute Gasteiger partial charge is 0.161 e. The fourth-order valence-corrected chi connectivity index (χ4v) is 2.33. The van der Waals surface area contributed by atoms with Crippen molar-refractivity contribution in [2.75, 3.05) is 14.2 Å². The fourth-order valence-electron chi connectivity index (χ4n) is 2.33. The highest BCUT2D eigenvalue weighted by molar-refractivity contribution is 5.94. The molecule has 0 radical (unpaired) electrons. The van der Waals surface area contributed by atoms with Crippen molar-refractivity contribution in [3.8, 4) is 22.6 Å². The van der Waals surface area contributed by atoms with Crippen LogP contribution >= 0.6 is 0 Å². The molecule has 2 aromatic carbocycles. The molecule has 0 bridgehead atoms. The molecule has 0 unspecified atom stereocenters. The van der Waals surface area contributed by atoms with Crippen molar-refractivity contribution < 1.29 is 9.47 Å². The molecule has 0 saturated carbocycles. The van der Waals surface area contributed by atoms with Crippen molar-refractivity contribution in [2.45, 2.75) is 0 Å². The summed E-state index contributed by atoms with van der Waals surface area (Å²) in [5.74, 6) is 1.48. The van der Waals surface area contributed by atoms with Crippen LogP contribution in [-0.4, -0.2) is 19.2 Å². The zero-order chi connectivity index (χ0) is 13.2. The molecule has 3 aromatic rings. The van der Waals surface area contributed by atoms with E-state index in [2.05, 4.69) is 29.2 Å². The van der Waals surface area contributed by atoms with E-state index in [0.717, 1.165) is 28.1 Å². The minimum atomic E-state index is 0.739. The first kappa shape index (κ1) is 11.7. The van der Waals surface area contributed by atoms with Crippen LogP contribution in [-0.2, 0) is 0 Å². The number of nitrogens with one attached hydrogen (secondary N) is 1. The lowest BCUT2D eigenvalue weighted by Crippen LogP contribution is -1.91. The highest BCUT2D eigenvalue weighted by Crippen LogP contribution is 2.34. The van der Waals surface area contributed by atoms with Crippen LogP contribution in [0.1, 0.15) is 0 Å². The van der Waals surface area contributed by atoms with Gasteiger partial charge < -0.3 is 14.5 Å². The molecule has 96 valence electrons. The Hall–Kier alpha value is -2.42. The summed E-state index contributed by atoms with van der Waals surface area (Å²) in [6.07, 6.45) is 1.95. The average Bonchev–Trinajstić information content (AvgIpc) is 2.94. The van der Waals surface area contributed by atoms with E-state index >= 15 is 0 Å². The largest absolute Gasteiger partial charge is 0.493 e. The summed E-state index contributed by atoms with van der Waals surface area (Å²) < 4.78 is 10.6. The van der Waals surface area contributed by atoms with E-state index in [1.807, 2.05) is 24.4 Å². The molecular weight excluding hydrogens is 238 g/mol. The Bertz CT molecular complexity index is 716. The molecule has 3 rings (SSSR count). The van der Waals surface area contributed by atoms with E-state index < -0.39 is 0 Å². The summed E-state index contributed by atoms with van der Waals surface area (Å²) in [6.45, 7) is 0. The molecule has 0 spiro atoms. The monoisotopic (exact) mass is 253 g/mol. The molecule has 0 atom stereocenters. The summed E-state index contributed by atoms with van der Waals surface area (Å²) in [5.41, 5.74) is 3.39. The minimum Gasteiger partial charge on any atom is -0.493 e. The van der Waals surface area contributed by atoms with Gasteiger partial charge in [0.2, 0.25) is 0 Å². The van der Waals surface area contributed by atoms with Gasteiger partial charge in [-0.1, -0.05) is 24.3 Å². The number of ether oxygens (including phenoxy) is 2. The van der Waals surface area contributed by atoms with Gasteiger partial charge in [-0.25, -0.2) is 0 Å². The van der Waals surface area contributed by atoms with Crippen LogP contribution in [0, 0.1) is 0 Å². The van der Waals surface area contributed by atoms with Gasteiger partial charge in [-0.2, -0.15) is 0 Å². The second-order valence-corrected chi connectivity index (χ2v) is 4.32. The molecule has 0 aliphatic carbocycles. The molecule has 1 N–H and O–H groups in total. The van der Waals surface area contributed by atoms with E-state index in [1.165, 1.54) is 5.39 Å². The fraction of sp³-hybridized carbons (Fsp3) is 0.125. The molecule has 1 aromatic heterocycles. The Balaban J connectivity index is 2.19. The first-order valence-electron chi connectivity index (χ1n) is 6.12. The number of fused-ring (bicyclic) bond motifs is 1. The third-order valence-corrected chi connectivity index (χ3v) is 3.28. The molecule has 0 saturated heterocycles. The standard InChI is InChI=1S/C16H15NO2/c1-18-14-7-6-12(10-15(14)19-2)13-5-3-4-11-8-9-17-16(11)13/h3-10,17H,1-2H3. The van der Waals surface area contributed by atoms with E-state index in [1.54, 1.807) is 14.2 Å². The Kier molecular flexibility index (Phi) is 2.88. The molecule has 1 heterocycles. The van der Waals surface area contributed by atoms with Crippen molar-refractivity contribution in [1.29, 1.82) is 0 Å². The van der Waals surface area contributed by atoms with Crippen LogP contribution in [0.25, 0.3) is 22.0 Å². The number of hydrogen-bond donors (Lipinski definition) is 1. The van der Waals surface area contributed by atoms with Crippen LogP contribution in [0.5, 0.6) is 11.5 Å². The third kappa shape index (κ3) is 1.93. The number of rotatable bonds is 3. The van der Waals surface area contributed by atoms with E-state index in [0.29, 0.717) is 0 Å². The molecule has 0 aliphatic rings. The Labute approximate surface area is 111 Å². The maximum Gasteiger partial charge on any atom is 0.161 e. The number of methoxy groups -OCH3 is 2. The van der Waals surface area contributed by atoms with E-state index in [4.69, 9.17) is 9.47 Å². The summed E-state index contributed by atoms with van der Waals surface area (Å²) in [6, 6.07) is 14.3. The molecule has 0 amide bonds. The minimum absolute atomic E-state index is 0.739. The quantitative estimate of drug-likeness (QED) is 0.769. The summed E-state index contributed by atoms with van der Waals surface area (Å²) in [4.78, 5) is 3.28. The maximum absolute atomic E-state index is 5.36.